The lowest BCUT2D eigenvalue weighted by atomic mass is 10.2. The Morgan fingerprint density at radius 2 is 1.88 bits per heavy atom. The first kappa shape index (κ1) is 11.9. The molecular weight excluding hydrogens is 234 g/mol. The molecule has 3 nitrogen and oxygen atoms in total. The third-order valence-corrected chi connectivity index (χ3v) is 2.57. The van der Waals surface area contributed by atoms with Gasteiger partial charge in [-0.05, 0) is 38.1 Å². The summed E-state index contributed by atoms with van der Waals surface area (Å²) in [7, 11) is 0. The highest BCUT2D eigenvalue weighted by atomic mass is 35.5. The van der Waals surface area contributed by atoms with Gasteiger partial charge in [-0.2, -0.15) is 0 Å². The van der Waals surface area contributed by atoms with Gasteiger partial charge in [0.1, 0.15) is 5.82 Å². The van der Waals surface area contributed by atoms with Gasteiger partial charge in [-0.15, -0.1) is 0 Å². The molecule has 0 spiro atoms. The van der Waals surface area contributed by atoms with Crippen molar-refractivity contribution in [3.63, 3.8) is 0 Å². The van der Waals surface area contributed by atoms with E-state index in [-0.39, 0.29) is 0 Å². The monoisotopic (exact) mass is 247 g/mol. The standard InChI is InChI=1S/C13H14ClN3/c1-3-15-12-8-9(2)16-13(17-12)10-4-6-11(14)7-5-10/h4-8H,3H2,1-2H3,(H,15,16,17). The number of benzene rings is 1. The summed E-state index contributed by atoms with van der Waals surface area (Å²) in [5, 5.41) is 3.91. The molecule has 88 valence electrons. The van der Waals surface area contributed by atoms with Crippen LogP contribution in [0.2, 0.25) is 5.02 Å². The van der Waals surface area contributed by atoms with Crippen LogP contribution in [-0.2, 0) is 0 Å². The fraction of sp³-hybridized carbons (Fsp3) is 0.231. The number of nitrogens with zero attached hydrogens (tertiary/aromatic N) is 2. The van der Waals surface area contributed by atoms with E-state index in [1.807, 2.05) is 44.2 Å². The minimum atomic E-state index is 0.716. The number of aryl methyl sites for hydroxylation is 1. The topological polar surface area (TPSA) is 37.8 Å². The minimum absolute atomic E-state index is 0.716. The molecule has 0 atom stereocenters. The third-order valence-electron chi connectivity index (χ3n) is 2.31. The van der Waals surface area contributed by atoms with Gasteiger partial charge in [0.25, 0.3) is 0 Å². The van der Waals surface area contributed by atoms with Crippen molar-refractivity contribution < 1.29 is 0 Å². The number of anilines is 1. The predicted octanol–water partition coefficient (Wildman–Crippen LogP) is 3.54. The molecule has 0 aliphatic heterocycles. The second-order valence-electron chi connectivity index (χ2n) is 3.76. The fourth-order valence-electron chi connectivity index (χ4n) is 1.57. The van der Waals surface area contributed by atoms with Crippen LogP contribution in [0, 0.1) is 6.92 Å². The molecule has 2 rings (SSSR count). The zero-order valence-corrected chi connectivity index (χ0v) is 10.6. The smallest absolute Gasteiger partial charge is 0.161 e. The van der Waals surface area contributed by atoms with Gasteiger partial charge in [-0.1, -0.05) is 11.6 Å². The molecule has 0 amide bonds. The van der Waals surface area contributed by atoms with Crippen LogP contribution in [0.3, 0.4) is 0 Å². The molecular formula is C13H14ClN3. The van der Waals surface area contributed by atoms with Crippen molar-refractivity contribution in [2.24, 2.45) is 0 Å². The third kappa shape index (κ3) is 2.94. The first-order chi connectivity index (χ1) is 8.19. The molecule has 0 radical (unpaired) electrons. The second-order valence-corrected chi connectivity index (χ2v) is 4.19. The van der Waals surface area contributed by atoms with Crippen LogP contribution in [-0.4, -0.2) is 16.5 Å². The van der Waals surface area contributed by atoms with E-state index in [2.05, 4.69) is 15.3 Å². The van der Waals surface area contributed by atoms with Crippen LogP contribution in [0.5, 0.6) is 0 Å². The van der Waals surface area contributed by atoms with Crippen LogP contribution in [0.25, 0.3) is 11.4 Å². The predicted molar refractivity (Wildman–Crippen MR) is 71.4 cm³/mol. The van der Waals surface area contributed by atoms with E-state index in [0.717, 1.165) is 29.4 Å². The number of nitrogens with one attached hydrogen (secondary N) is 1. The van der Waals surface area contributed by atoms with E-state index in [1.54, 1.807) is 0 Å². The highest BCUT2D eigenvalue weighted by Crippen LogP contribution is 2.20. The molecule has 17 heavy (non-hydrogen) atoms. The molecule has 0 aliphatic rings. The zero-order chi connectivity index (χ0) is 12.3. The first-order valence-electron chi connectivity index (χ1n) is 5.54. The maximum absolute atomic E-state index is 5.86. The van der Waals surface area contributed by atoms with Gasteiger partial charge in [0.2, 0.25) is 0 Å². The Hall–Kier alpha value is -1.61. The first-order valence-corrected chi connectivity index (χ1v) is 5.92. The Balaban J connectivity index is 2.40. The number of rotatable bonds is 3. The van der Waals surface area contributed by atoms with Gasteiger partial charge >= 0.3 is 0 Å². The molecule has 1 aromatic carbocycles. The number of halogens is 1. The highest BCUT2D eigenvalue weighted by molar-refractivity contribution is 6.30. The molecule has 0 saturated heterocycles. The van der Waals surface area contributed by atoms with Crippen molar-refractivity contribution in [2.45, 2.75) is 13.8 Å². The van der Waals surface area contributed by atoms with E-state index in [9.17, 15) is 0 Å². The summed E-state index contributed by atoms with van der Waals surface area (Å²) in [5.41, 5.74) is 1.91. The van der Waals surface area contributed by atoms with Crippen molar-refractivity contribution >= 4 is 17.4 Å². The molecule has 0 saturated carbocycles. The molecule has 1 N–H and O–H groups in total. The van der Waals surface area contributed by atoms with Gasteiger partial charge in [0, 0.05) is 28.9 Å². The summed E-state index contributed by atoms with van der Waals surface area (Å²) in [6.07, 6.45) is 0. The van der Waals surface area contributed by atoms with Crippen LogP contribution in [0.1, 0.15) is 12.6 Å². The molecule has 4 heteroatoms. The van der Waals surface area contributed by atoms with Crippen LogP contribution in [0.15, 0.2) is 30.3 Å². The summed E-state index contributed by atoms with van der Waals surface area (Å²) in [6, 6.07) is 9.47. The molecule has 0 bridgehead atoms. The summed E-state index contributed by atoms with van der Waals surface area (Å²) < 4.78 is 0. The van der Waals surface area contributed by atoms with Crippen molar-refractivity contribution in [2.75, 3.05) is 11.9 Å². The van der Waals surface area contributed by atoms with Gasteiger partial charge < -0.3 is 5.32 Å². The largest absolute Gasteiger partial charge is 0.370 e. The highest BCUT2D eigenvalue weighted by Gasteiger charge is 2.04. The van der Waals surface area contributed by atoms with Crippen LogP contribution < -0.4 is 5.32 Å². The Bertz CT molecular complexity index is 509. The van der Waals surface area contributed by atoms with E-state index >= 15 is 0 Å². The molecule has 1 heterocycles. The average Bonchev–Trinajstić information content (AvgIpc) is 2.29. The van der Waals surface area contributed by atoms with Gasteiger partial charge in [-0.3, -0.25) is 0 Å². The fourth-order valence-corrected chi connectivity index (χ4v) is 1.69. The zero-order valence-electron chi connectivity index (χ0n) is 9.87. The Labute approximate surface area is 106 Å². The van der Waals surface area contributed by atoms with Crippen molar-refractivity contribution in [3.05, 3.63) is 41.0 Å². The maximum Gasteiger partial charge on any atom is 0.161 e. The minimum Gasteiger partial charge on any atom is -0.370 e. The Morgan fingerprint density at radius 1 is 1.18 bits per heavy atom. The van der Waals surface area contributed by atoms with E-state index in [0.29, 0.717) is 5.02 Å². The molecule has 0 aliphatic carbocycles. The molecule has 0 unspecified atom stereocenters. The lowest BCUT2D eigenvalue weighted by Crippen LogP contribution is -2.02. The van der Waals surface area contributed by atoms with Gasteiger partial charge in [0.05, 0.1) is 0 Å². The lowest BCUT2D eigenvalue weighted by Gasteiger charge is -2.06. The summed E-state index contributed by atoms with van der Waals surface area (Å²) in [6.45, 7) is 4.85. The Morgan fingerprint density at radius 3 is 2.53 bits per heavy atom. The van der Waals surface area contributed by atoms with Crippen LogP contribution in [0.4, 0.5) is 5.82 Å². The van der Waals surface area contributed by atoms with E-state index in [4.69, 9.17) is 11.6 Å². The quantitative estimate of drug-likeness (QED) is 0.902. The molecule has 2 aromatic rings. The lowest BCUT2D eigenvalue weighted by molar-refractivity contribution is 1.08. The summed E-state index contributed by atoms with van der Waals surface area (Å²) >= 11 is 5.86. The van der Waals surface area contributed by atoms with E-state index < -0.39 is 0 Å². The number of aromatic nitrogens is 2. The summed E-state index contributed by atoms with van der Waals surface area (Å²) in [5.74, 6) is 1.57. The van der Waals surface area contributed by atoms with Crippen molar-refractivity contribution in [1.82, 2.24) is 9.97 Å². The molecule has 0 fully saturated rings. The summed E-state index contributed by atoms with van der Waals surface area (Å²) in [4.78, 5) is 8.88. The van der Waals surface area contributed by atoms with E-state index in [1.165, 1.54) is 0 Å². The van der Waals surface area contributed by atoms with Crippen molar-refractivity contribution in [1.29, 1.82) is 0 Å². The maximum atomic E-state index is 5.86. The van der Waals surface area contributed by atoms with Crippen LogP contribution >= 0.6 is 11.6 Å². The Kier molecular flexibility index (Phi) is 3.59. The van der Waals surface area contributed by atoms with Gasteiger partial charge in [0.15, 0.2) is 5.82 Å². The number of hydrogen-bond acceptors (Lipinski definition) is 3. The normalized spacial score (nSPS) is 10.3. The SMILES string of the molecule is CCNc1cc(C)nc(-c2ccc(Cl)cc2)n1. The molecule has 1 aromatic heterocycles. The second kappa shape index (κ2) is 5.15. The average molecular weight is 248 g/mol. The van der Waals surface area contributed by atoms with Gasteiger partial charge in [-0.25, -0.2) is 9.97 Å². The number of hydrogen-bond donors (Lipinski definition) is 1. The van der Waals surface area contributed by atoms with Crippen molar-refractivity contribution in [3.8, 4) is 11.4 Å².